The van der Waals surface area contributed by atoms with Gasteiger partial charge in [-0.2, -0.15) is 4.31 Å². The van der Waals surface area contributed by atoms with Crippen molar-refractivity contribution in [2.75, 3.05) is 26.7 Å². The van der Waals surface area contributed by atoms with Crippen LogP contribution in [-0.2, 0) is 16.6 Å². The molecular weight excluding hydrogens is 528 g/mol. The topological polar surface area (TPSA) is 107 Å². The lowest BCUT2D eigenvalue weighted by Gasteiger charge is -2.37. The number of fused-ring (bicyclic) bond motifs is 1. The molecule has 1 aliphatic heterocycles. The van der Waals surface area contributed by atoms with Gasteiger partial charge in [0.05, 0.1) is 12.2 Å². The second-order valence-electron chi connectivity index (χ2n) is 10.4. The van der Waals surface area contributed by atoms with Crippen LogP contribution in [0, 0.1) is 5.92 Å². The van der Waals surface area contributed by atoms with E-state index in [9.17, 15) is 18.3 Å². The van der Waals surface area contributed by atoms with Crippen LogP contribution >= 0.6 is 0 Å². The lowest BCUT2D eigenvalue weighted by molar-refractivity contribution is 0.0697. The molecule has 212 valence electrons. The number of aliphatic hydroxyl groups is 1. The summed E-state index contributed by atoms with van der Waals surface area (Å²) in [5.74, 6) is -0.872. The number of ether oxygens (including phenoxy) is 1. The summed E-state index contributed by atoms with van der Waals surface area (Å²) >= 11 is 0. The maximum atomic E-state index is 13.7. The van der Waals surface area contributed by atoms with Crippen LogP contribution in [0.25, 0.3) is 12.2 Å². The Morgan fingerprint density at radius 1 is 1.07 bits per heavy atom. The molecule has 0 aliphatic carbocycles. The van der Waals surface area contributed by atoms with Gasteiger partial charge >= 0.3 is 5.97 Å². The highest BCUT2D eigenvalue weighted by atomic mass is 32.2. The summed E-state index contributed by atoms with van der Waals surface area (Å²) in [6, 6.07) is 21.1. The summed E-state index contributed by atoms with van der Waals surface area (Å²) in [5.41, 5.74) is 3.02. The highest BCUT2D eigenvalue weighted by Crippen LogP contribution is 2.34. The van der Waals surface area contributed by atoms with Crippen molar-refractivity contribution in [2.24, 2.45) is 5.92 Å². The van der Waals surface area contributed by atoms with Crippen molar-refractivity contribution in [2.45, 2.75) is 37.4 Å². The van der Waals surface area contributed by atoms with E-state index in [0.717, 1.165) is 16.7 Å². The Labute approximate surface area is 236 Å². The molecule has 8 nitrogen and oxygen atoms in total. The van der Waals surface area contributed by atoms with Crippen molar-refractivity contribution in [3.05, 3.63) is 95.1 Å². The zero-order valence-electron chi connectivity index (χ0n) is 23.0. The van der Waals surface area contributed by atoms with Gasteiger partial charge in [0.2, 0.25) is 10.0 Å². The average molecular weight is 565 g/mol. The fourth-order valence-electron chi connectivity index (χ4n) is 4.76. The van der Waals surface area contributed by atoms with Gasteiger partial charge in [-0.05, 0) is 54.9 Å². The molecule has 0 unspecified atom stereocenters. The van der Waals surface area contributed by atoms with Crippen molar-refractivity contribution < 1.29 is 28.2 Å². The van der Waals surface area contributed by atoms with Crippen molar-refractivity contribution in [1.29, 1.82) is 0 Å². The number of hydrogen-bond acceptors (Lipinski definition) is 6. The molecule has 40 heavy (non-hydrogen) atoms. The Morgan fingerprint density at radius 2 is 1.75 bits per heavy atom. The average Bonchev–Trinajstić information content (AvgIpc) is 2.94. The summed E-state index contributed by atoms with van der Waals surface area (Å²) < 4.78 is 35.3. The number of nitrogens with zero attached hydrogens (tertiary/aromatic N) is 2. The zero-order chi connectivity index (χ0) is 28.9. The minimum atomic E-state index is -3.92. The lowest BCUT2D eigenvalue weighted by atomic mass is 10.0. The first-order valence-corrected chi connectivity index (χ1v) is 14.7. The van der Waals surface area contributed by atoms with Crippen LogP contribution in [0.3, 0.4) is 0 Å². The van der Waals surface area contributed by atoms with Crippen LogP contribution in [0.4, 0.5) is 0 Å². The highest BCUT2D eigenvalue weighted by molar-refractivity contribution is 7.89. The molecule has 0 saturated carbocycles. The van der Waals surface area contributed by atoms with Crippen molar-refractivity contribution in [1.82, 2.24) is 9.21 Å². The maximum Gasteiger partial charge on any atom is 0.335 e. The largest absolute Gasteiger partial charge is 0.487 e. The molecule has 0 bridgehead atoms. The van der Waals surface area contributed by atoms with E-state index in [-0.39, 0.29) is 41.4 Å². The highest BCUT2D eigenvalue weighted by Gasteiger charge is 2.38. The summed E-state index contributed by atoms with van der Waals surface area (Å²) in [4.78, 5) is 13.3. The summed E-state index contributed by atoms with van der Waals surface area (Å²) in [5, 5.41) is 19.0. The van der Waals surface area contributed by atoms with Gasteiger partial charge in [0.15, 0.2) is 0 Å². The number of sulfonamides is 1. The summed E-state index contributed by atoms with van der Waals surface area (Å²) in [7, 11) is -1.97. The second-order valence-corrected chi connectivity index (χ2v) is 12.2. The molecule has 0 spiro atoms. The Bertz CT molecular complexity index is 1440. The number of hydrogen-bond donors (Lipinski definition) is 2. The van der Waals surface area contributed by atoms with E-state index >= 15 is 0 Å². The first-order valence-electron chi connectivity index (χ1n) is 13.3. The molecule has 0 amide bonds. The number of carboxylic acid groups (broad SMARTS) is 1. The van der Waals surface area contributed by atoms with E-state index < -0.39 is 22.0 Å². The third-order valence-corrected chi connectivity index (χ3v) is 9.12. The first kappa shape index (κ1) is 29.5. The van der Waals surface area contributed by atoms with E-state index in [1.54, 1.807) is 49.4 Å². The predicted molar refractivity (Wildman–Crippen MR) is 156 cm³/mol. The molecule has 1 heterocycles. The molecule has 9 heteroatoms. The zero-order valence-corrected chi connectivity index (χ0v) is 23.8. The number of rotatable bonds is 9. The number of aromatic carboxylic acids is 1. The molecule has 3 atom stereocenters. The smallest absolute Gasteiger partial charge is 0.335 e. The molecule has 0 aromatic heterocycles. The van der Waals surface area contributed by atoms with Crippen LogP contribution in [0.15, 0.2) is 77.7 Å². The van der Waals surface area contributed by atoms with Gasteiger partial charge < -0.3 is 14.9 Å². The lowest BCUT2D eigenvalue weighted by Crippen LogP contribution is -2.49. The van der Waals surface area contributed by atoms with Crippen LogP contribution < -0.4 is 4.74 Å². The van der Waals surface area contributed by atoms with Crippen molar-refractivity contribution in [3.8, 4) is 5.75 Å². The number of aliphatic hydroxyl groups excluding tert-OH is 1. The molecule has 4 rings (SSSR count). The van der Waals surface area contributed by atoms with Crippen LogP contribution in [-0.4, -0.2) is 72.7 Å². The van der Waals surface area contributed by atoms with E-state index in [2.05, 4.69) is 4.90 Å². The molecule has 0 radical (unpaired) electrons. The van der Waals surface area contributed by atoms with Gasteiger partial charge in [0.1, 0.15) is 16.7 Å². The van der Waals surface area contributed by atoms with Gasteiger partial charge in [-0.1, -0.05) is 67.6 Å². The number of benzene rings is 3. The monoisotopic (exact) mass is 564 g/mol. The van der Waals surface area contributed by atoms with Gasteiger partial charge in [-0.25, -0.2) is 13.2 Å². The molecule has 0 saturated heterocycles. The fourth-order valence-corrected chi connectivity index (χ4v) is 6.58. The molecule has 3 aromatic carbocycles. The van der Waals surface area contributed by atoms with Crippen molar-refractivity contribution >= 4 is 28.1 Å². The van der Waals surface area contributed by atoms with E-state index in [0.29, 0.717) is 13.1 Å². The Balaban J connectivity index is 1.64. The maximum absolute atomic E-state index is 13.7. The molecule has 3 aromatic rings. The fraction of sp³-hybridized carbons (Fsp3) is 0.323. The van der Waals surface area contributed by atoms with Gasteiger partial charge in [0, 0.05) is 31.6 Å². The predicted octanol–water partition coefficient (Wildman–Crippen LogP) is 4.46. The minimum Gasteiger partial charge on any atom is -0.487 e. The third kappa shape index (κ3) is 6.98. The molecule has 1 aliphatic rings. The quantitative estimate of drug-likeness (QED) is 0.370. The Kier molecular flexibility index (Phi) is 9.42. The molecule has 0 fully saturated rings. The SMILES string of the molecule is C[C@@H]1CN([C@@H](C)CO)S(=O)(=O)c2ccc(/C=C/c3ccccc3)cc2O[C@@H]1CN(C)Cc1ccc(C(=O)O)cc1. The standard InChI is InChI=1S/C31H36N2O6S/c1-22-18-33(23(2)21-34)40(37,38)30-16-13-25(10-9-24-7-5-4-6-8-24)17-28(30)39-29(22)20-32(3)19-26-11-14-27(15-12-26)31(35)36/h4-17,22-23,29,34H,18-21H2,1-3H3,(H,35,36)/b10-9+/t22-,23+,29-/m1/s1. The minimum absolute atomic E-state index is 0.0773. The third-order valence-electron chi connectivity index (χ3n) is 7.10. The number of carbonyl (C=O) groups is 1. The van der Waals surface area contributed by atoms with E-state index in [1.165, 1.54) is 4.31 Å². The second kappa shape index (κ2) is 12.8. The Morgan fingerprint density at radius 3 is 2.40 bits per heavy atom. The van der Waals surface area contributed by atoms with Crippen molar-refractivity contribution in [3.63, 3.8) is 0 Å². The summed E-state index contributed by atoms with van der Waals surface area (Å²) in [6.45, 7) is 4.63. The number of likely N-dealkylation sites (N-methyl/N-ethyl adjacent to an activating group) is 1. The van der Waals surface area contributed by atoms with Gasteiger partial charge in [-0.3, -0.25) is 4.90 Å². The summed E-state index contributed by atoms with van der Waals surface area (Å²) in [6.07, 6.45) is 3.53. The normalized spacial score (nSPS) is 19.9. The van der Waals surface area contributed by atoms with Gasteiger partial charge in [-0.15, -0.1) is 0 Å². The van der Waals surface area contributed by atoms with E-state index in [1.807, 2.05) is 56.5 Å². The van der Waals surface area contributed by atoms with Crippen LogP contribution in [0.1, 0.15) is 40.9 Å². The Hall–Kier alpha value is -3.50. The van der Waals surface area contributed by atoms with Crippen LogP contribution in [0.5, 0.6) is 5.75 Å². The molecule has 2 N–H and O–H groups in total. The molecular formula is C31H36N2O6S. The van der Waals surface area contributed by atoms with Crippen LogP contribution in [0.2, 0.25) is 0 Å². The number of carboxylic acids is 1. The first-order chi connectivity index (χ1) is 19.1. The van der Waals surface area contributed by atoms with Gasteiger partial charge in [0.25, 0.3) is 0 Å². The van der Waals surface area contributed by atoms with E-state index in [4.69, 9.17) is 9.84 Å².